The van der Waals surface area contributed by atoms with E-state index in [1.54, 1.807) is 11.8 Å². The van der Waals surface area contributed by atoms with E-state index in [1.807, 2.05) is 41.3 Å². The van der Waals surface area contributed by atoms with E-state index < -0.39 is 0 Å². The van der Waals surface area contributed by atoms with Gasteiger partial charge in [-0.15, -0.1) is 0 Å². The van der Waals surface area contributed by atoms with Crippen molar-refractivity contribution in [3.63, 3.8) is 0 Å². The Morgan fingerprint density at radius 2 is 1.78 bits per heavy atom. The van der Waals surface area contributed by atoms with Crippen LogP contribution in [-0.4, -0.2) is 42.7 Å². The number of nitrogens with zero attached hydrogens (tertiary/aromatic N) is 3. The number of rotatable bonds is 3. The van der Waals surface area contributed by atoms with E-state index in [-0.39, 0.29) is 5.91 Å². The summed E-state index contributed by atoms with van der Waals surface area (Å²) in [6.07, 6.45) is 0.848. The Labute approximate surface area is 197 Å². The molecule has 0 saturated carbocycles. The van der Waals surface area contributed by atoms with Crippen molar-refractivity contribution >= 4 is 46.4 Å². The number of carbonyl (C=O) groups excluding carboxylic acids is 1. The summed E-state index contributed by atoms with van der Waals surface area (Å²) in [5, 5.41) is 0.734. The summed E-state index contributed by atoms with van der Waals surface area (Å²) in [5.74, 6) is 0.0681. The molecule has 0 aliphatic carbocycles. The maximum atomic E-state index is 13.3. The third kappa shape index (κ3) is 4.15. The Balaban J connectivity index is 1.35. The highest BCUT2D eigenvalue weighted by molar-refractivity contribution is 7.99. The van der Waals surface area contributed by atoms with Crippen molar-refractivity contribution in [2.24, 2.45) is 4.99 Å². The Hall–Kier alpha value is -2.76. The SMILES string of the molecule is CCC1=Nc2cc(C(=O)N3CCN(c4cccc(Cl)c4)CC3)ccc2Sc2ccccc21. The first-order valence-corrected chi connectivity index (χ1v) is 12.1. The van der Waals surface area contributed by atoms with E-state index in [1.165, 1.54) is 10.5 Å². The molecule has 1 saturated heterocycles. The molecule has 3 aromatic rings. The maximum Gasteiger partial charge on any atom is 0.254 e. The number of hydrogen-bond donors (Lipinski definition) is 0. The molecule has 162 valence electrons. The van der Waals surface area contributed by atoms with Crippen LogP contribution in [0.2, 0.25) is 5.02 Å². The van der Waals surface area contributed by atoms with Crippen LogP contribution in [0, 0.1) is 0 Å². The van der Waals surface area contributed by atoms with Crippen molar-refractivity contribution in [1.82, 2.24) is 4.90 Å². The highest BCUT2D eigenvalue weighted by atomic mass is 35.5. The fourth-order valence-corrected chi connectivity index (χ4v) is 5.44. The molecule has 0 spiro atoms. The summed E-state index contributed by atoms with van der Waals surface area (Å²) < 4.78 is 0. The van der Waals surface area contributed by atoms with Crippen LogP contribution in [0.15, 0.2) is 81.5 Å². The molecule has 0 N–H and O–H groups in total. The lowest BCUT2D eigenvalue weighted by molar-refractivity contribution is 0.0746. The molecule has 0 aromatic heterocycles. The molecule has 0 unspecified atom stereocenters. The standard InChI is InChI=1S/C26H24ClN3OS/c1-2-22-21-8-3-4-9-24(21)32-25-11-10-18(16-23(25)28-22)26(31)30-14-12-29(13-15-30)20-7-5-6-19(27)17-20/h3-11,16-17H,2,12-15H2,1H3. The first kappa shape index (κ1) is 21.1. The zero-order valence-corrected chi connectivity index (χ0v) is 19.5. The zero-order valence-electron chi connectivity index (χ0n) is 17.9. The van der Waals surface area contributed by atoms with Crippen LogP contribution in [0.25, 0.3) is 0 Å². The normalized spacial score (nSPS) is 15.5. The van der Waals surface area contributed by atoms with Gasteiger partial charge in [0.15, 0.2) is 0 Å². The number of fused-ring (bicyclic) bond motifs is 2. The van der Waals surface area contributed by atoms with Crippen molar-refractivity contribution in [2.75, 3.05) is 31.1 Å². The quantitative estimate of drug-likeness (QED) is 0.459. The number of piperazine rings is 1. The molecule has 32 heavy (non-hydrogen) atoms. The van der Waals surface area contributed by atoms with Crippen molar-refractivity contribution in [3.8, 4) is 0 Å². The highest BCUT2D eigenvalue weighted by Gasteiger charge is 2.24. The van der Waals surface area contributed by atoms with Gasteiger partial charge in [0.2, 0.25) is 0 Å². The topological polar surface area (TPSA) is 35.9 Å². The molecule has 6 heteroatoms. The lowest BCUT2D eigenvalue weighted by atomic mass is 10.1. The first-order chi connectivity index (χ1) is 15.6. The van der Waals surface area contributed by atoms with Gasteiger partial charge in [0.25, 0.3) is 5.91 Å². The summed E-state index contributed by atoms with van der Waals surface area (Å²) in [7, 11) is 0. The molecule has 1 amide bonds. The average molecular weight is 462 g/mol. The molecule has 0 radical (unpaired) electrons. The molecule has 2 aliphatic rings. The third-order valence-corrected chi connectivity index (χ3v) is 7.33. The summed E-state index contributed by atoms with van der Waals surface area (Å²) in [5.41, 5.74) is 4.93. The van der Waals surface area contributed by atoms with E-state index in [0.717, 1.165) is 46.5 Å². The fourth-order valence-electron chi connectivity index (χ4n) is 4.23. The monoisotopic (exact) mass is 461 g/mol. The molecule has 2 aliphatic heterocycles. The van der Waals surface area contributed by atoms with Crippen LogP contribution in [-0.2, 0) is 0 Å². The second kappa shape index (κ2) is 9.00. The van der Waals surface area contributed by atoms with E-state index in [0.29, 0.717) is 18.7 Å². The van der Waals surface area contributed by atoms with E-state index in [2.05, 4.69) is 42.2 Å². The third-order valence-electron chi connectivity index (χ3n) is 5.95. The molecular weight excluding hydrogens is 438 g/mol. The van der Waals surface area contributed by atoms with Crippen molar-refractivity contribution < 1.29 is 4.79 Å². The summed E-state index contributed by atoms with van der Waals surface area (Å²) in [6, 6.07) is 22.2. The second-order valence-electron chi connectivity index (χ2n) is 7.95. The van der Waals surface area contributed by atoms with Gasteiger partial charge < -0.3 is 9.80 Å². The van der Waals surface area contributed by atoms with E-state index in [9.17, 15) is 4.79 Å². The summed E-state index contributed by atoms with van der Waals surface area (Å²) in [6.45, 7) is 5.08. The zero-order chi connectivity index (χ0) is 22.1. The molecule has 0 atom stereocenters. The number of carbonyl (C=O) groups is 1. The fraction of sp³-hybridized carbons (Fsp3) is 0.231. The minimum absolute atomic E-state index is 0.0681. The van der Waals surface area contributed by atoms with Gasteiger partial charge in [0.05, 0.1) is 5.69 Å². The maximum absolute atomic E-state index is 13.3. The molecule has 0 bridgehead atoms. The van der Waals surface area contributed by atoms with Crippen LogP contribution in [0.1, 0.15) is 29.3 Å². The van der Waals surface area contributed by atoms with Gasteiger partial charge in [-0.3, -0.25) is 9.79 Å². The number of halogens is 1. The largest absolute Gasteiger partial charge is 0.368 e. The van der Waals surface area contributed by atoms with E-state index >= 15 is 0 Å². The number of hydrogen-bond acceptors (Lipinski definition) is 4. The summed E-state index contributed by atoms with van der Waals surface area (Å²) in [4.78, 5) is 24.7. The predicted molar refractivity (Wildman–Crippen MR) is 133 cm³/mol. The predicted octanol–water partition coefficient (Wildman–Crippen LogP) is 6.30. The van der Waals surface area contributed by atoms with Gasteiger partial charge in [0, 0.05) is 63.5 Å². The number of anilines is 1. The van der Waals surface area contributed by atoms with Crippen LogP contribution >= 0.6 is 23.4 Å². The summed E-state index contributed by atoms with van der Waals surface area (Å²) >= 11 is 7.86. The highest BCUT2D eigenvalue weighted by Crippen LogP contribution is 2.41. The molecule has 1 fully saturated rings. The Kier molecular flexibility index (Phi) is 5.94. The van der Waals surface area contributed by atoms with Crippen LogP contribution in [0.4, 0.5) is 11.4 Å². The van der Waals surface area contributed by atoms with Crippen molar-refractivity contribution in [3.05, 3.63) is 82.9 Å². The Morgan fingerprint density at radius 1 is 0.969 bits per heavy atom. The Bertz CT molecular complexity index is 1200. The van der Waals surface area contributed by atoms with Gasteiger partial charge in [-0.2, -0.15) is 0 Å². The van der Waals surface area contributed by atoms with Gasteiger partial charge in [-0.05, 0) is 48.9 Å². The Morgan fingerprint density at radius 3 is 2.56 bits per heavy atom. The first-order valence-electron chi connectivity index (χ1n) is 10.9. The molecular formula is C26H24ClN3OS. The van der Waals surface area contributed by atoms with Crippen molar-refractivity contribution in [1.29, 1.82) is 0 Å². The smallest absolute Gasteiger partial charge is 0.254 e. The van der Waals surface area contributed by atoms with Gasteiger partial charge >= 0.3 is 0 Å². The second-order valence-corrected chi connectivity index (χ2v) is 9.47. The van der Waals surface area contributed by atoms with Crippen LogP contribution in [0.5, 0.6) is 0 Å². The van der Waals surface area contributed by atoms with E-state index in [4.69, 9.17) is 16.6 Å². The minimum Gasteiger partial charge on any atom is -0.368 e. The molecule has 2 heterocycles. The van der Waals surface area contributed by atoms with Crippen LogP contribution < -0.4 is 4.90 Å². The van der Waals surface area contributed by atoms with Gasteiger partial charge in [-0.1, -0.05) is 54.6 Å². The average Bonchev–Trinajstić information content (AvgIpc) is 2.99. The minimum atomic E-state index is 0.0681. The van der Waals surface area contributed by atoms with Crippen molar-refractivity contribution in [2.45, 2.75) is 23.1 Å². The van der Waals surface area contributed by atoms with Crippen LogP contribution in [0.3, 0.4) is 0 Å². The van der Waals surface area contributed by atoms with Gasteiger partial charge in [0.1, 0.15) is 0 Å². The molecule has 5 rings (SSSR count). The number of amides is 1. The van der Waals surface area contributed by atoms with Gasteiger partial charge in [-0.25, -0.2) is 0 Å². The lowest BCUT2D eigenvalue weighted by Crippen LogP contribution is -2.48. The number of aliphatic imine (C=N–C) groups is 1. The molecule has 3 aromatic carbocycles. The lowest BCUT2D eigenvalue weighted by Gasteiger charge is -2.36. The number of benzene rings is 3. The molecule has 4 nitrogen and oxygen atoms in total.